The maximum atomic E-state index is 12.8. The lowest BCUT2D eigenvalue weighted by molar-refractivity contribution is -0.305. The van der Waals surface area contributed by atoms with Crippen LogP contribution < -0.4 is 0 Å². The zero-order chi connectivity index (χ0) is 47.8. The van der Waals surface area contributed by atoms with Crippen LogP contribution in [-0.2, 0) is 23.7 Å². The molecule has 0 aliphatic carbocycles. The van der Waals surface area contributed by atoms with Crippen LogP contribution in [-0.4, -0.2) is 89.6 Å². The largest absolute Gasteiger partial charge is 0.457 e. The van der Waals surface area contributed by atoms with Crippen molar-refractivity contribution in [2.75, 3.05) is 26.4 Å². The zero-order valence-electron chi connectivity index (χ0n) is 40.6. The first-order valence-electron chi connectivity index (χ1n) is 24.9. The summed E-state index contributed by atoms with van der Waals surface area (Å²) in [6, 6.07) is 0. The van der Waals surface area contributed by atoms with Crippen molar-refractivity contribution in [1.29, 1.82) is 0 Å². The molecule has 0 aromatic rings. The summed E-state index contributed by atoms with van der Waals surface area (Å²) in [6.45, 7) is 4.14. The second-order valence-corrected chi connectivity index (χ2v) is 16.1. The molecular formula is C57H88O9. The molecule has 6 atom stereocenters. The number of hydrogen-bond donors (Lipinski definition) is 4. The average Bonchev–Trinajstić information content (AvgIpc) is 3.32. The molecule has 9 nitrogen and oxygen atoms in total. The molecular weight excluding hydrogens is 829 g/mol. The Morgan fingerprint density at radius 1 is 0.485 bits per heavy atom. The SMILES string of the molecule is CC/C=C\C/C=C\C/C=C\C/C=C\C/C=C\C/C=C\C/C=C\CCCCOCC(COC1OC(CO)C(O)C(O)C1O)OC(=O)CCCCC/C=C\C/C=C\C/C=C\C/C=C\C/C=C\CC. The lowest BCUT2D eigenvalue weighted by Gasteiger charge is -2.39. The normalized spacial score (nSPS) is 20.6. The van der Waals surface area contributed by atoms with Gasteiger partial charge in [-0.05, 0) is 116 Å². The Balaban J connectivity index is 2.32. The van der Waals surface area contributed by atoms with Gasteiger partial charge in [-0.15, -0.1) is 0 Å². The number of hydrogen-bond acceptors (Lipinski definition) is 9. The van der Waals surface area contributed by atoms with Gasteiger partial charge in [0, 0.05) is 13.0 Å². The van der Waals surface area contributed by atoms with Gasteiger partial charge in [-0.2, -0.15) is 0 Å². The molecule has 1 saturated heterocycles. The highest BCUT2D eigenvalue weighted by atomic mass is 16.7. The fourth-order valence-electron chi connectivity index (χ4n) is 6.44. The van der Waals surface area contributed by atoms with Crippen molar-refractivity contribution in [1.82, 2.24) is 0 Å². The van der Waals surface area contributed by atoms with E-state index in [4.69, 9.17) is 18.9 Å². The van der Waals surface area contributed by atoms with Gasteiger partial charge in [0.25, 0.3) is 0 Å². The number of carbonyl (C=O) groups is 1. The van der Waals surface area contributed by atoms with E-state index in [1.807, 2.05) is 0 Å². The highest BCUT2D eigenvalue weighted by Crippen LogP contribution is 2.22. The van der Waals surface area contributed by atoms with Gasteiger partial charge in [-0.25, -0.2) is 0 Å². The van der Waals surface area contributed by atoms with Gasteiger partial charge in [0.1, 0.15) is 30.5 Å². The van der Waals surface area contributed by atoms with Gasteiger partial charge in [0.05, 0.1) is 19.8 Å². The van der Waals surface area contributed by atoms with Crippen molar-refractivity contribution >= 4 is 5.97 Å². The minimum absolute atomic E-state index is 0.0890. The number of ether oxygens (including phenoxy) is 4. The van der Waals surface area contributed by atoms with Gasteiger partial charge in [-0.1, -0.05) is 166 Å². The molecule has 66 heavy (non-hydrogen) atoms. The van der Waals surface area contributed by atoms with Crippen LogP contribution in [0.2, 0.25) is 0 Å². The van der Waals surface area contributed by atoms with Crippen LogP contribution in [0.5, 0.6) is 0 Å². The fourth-order valence-corrected chi connectivity index (χ4v) is 6.44. The third-order valence-corrected chi connectivity index (χ3v) is 10.3. The molecule has 370 valence electrons. The van der Waals surface area contributed by atoms with Gasteiger partial charge in [0.2, 0.25) is 0 Å². The fraction of sp³-hybridized carbons (Fsp3) is 0.561. The van der Waals surface area contributed by atoms with E-state index in [2.05, 4.69) is 160 Å². The van der Waals surface area contributed by atoms with E-state index in [0.717, 1.165) is 116 Å². The summed E-state index contributed by atoms with van der Waals surface area (Å²) in [5.41, 5.74) is 0. The Hall–Kier alpha value is -3.93. The summed E-state index contributed by atoms with van der Waals surface area (Å²) in [5, 5.41) is 40.2. The Bertz CT molecular complexity index is 1510. The molecule has 0 saturated carbocycles. The van der Waals surface area contributed by atoms with Gasteiger partial charge in [0.15, 0.2) is 6.29 Å². The van der Waals surface area contributed by atoms with Gasteiger partial charge >= 0.3 is 5.97 Å². The highest BCUT2D eigenvalue weighted by Gasteiger charge is 2.44. The van der Waals surface area contributed by atoms with Crippen LogP contribution in [0.4, 0.5) is 0 Å². The second-order valence-electron chi connectivity index (χ2n) is 16.1. The first kappa shape index (κ1) is 60.1. The van der Waals surface area contributed by atoms with Crippen molar-refractivity contribution in [2.24, 2.45) is 0 Å². The lowest BCUT2D eigenvalue weighted by Crippen LogP contribution is -2.59. The molecule has 1 aliphatic heterocycles. The molecule has 0 amide bonds. The van der Waals surface area contributed by atoms with E-state index < -0.39 is 43.4 Å². The quantitative estimate of drug-likeness (QED) is 0.0269. The average molecular weight is 917 g/mol. The molecule has 0 spiro atoms. The molecule has 0 aromatic carbocycles. The number of esters is 1. The molecule has 0 aromatic heterocycles. The maximum absolute atomic E-state index is 12.8. The zero-order valence-corrected chi connectivity index (χ0v) is 40.6. The molecule has 6 unspecified atom stereocenters. The van der Waals surface area contributed by atoms with E-state index in [1.165, 1.54) is 0 Å². The first-order chi connectivity index (χ1) is 32.4. The smallest absolute Gasteiger partial charge is 0.306 e. The van der Waals surface area contributed by atoms with E-state index in [0.29, 0.717) is 13.0 Å². The van der Waals surface area contributed by atoms with Crippen molar-refractivity contribution < 1.29 is 44.2 Å². The van der Waals surface area contributed by atoms with Crippen molar-refractivity contribution in [3.63, 3.8) is 0 Å². The van der Waals surface area contributed by atoms with Crippen LogP contribution in [0.15, 0.2) is 146 Å². The van der Waals surface area contributed by atoms with E-state index in [1.54, 1.807) is 0 Å². The minimum Gasteiger partial charge on any atom is -0.457 e. The van der Waals surface area contributed by atoms with Crippen molar-refractivity contribution in [2.45, 2.75) is 179 Å². The standard InChI is InChI=1S/C57H88O9/c1-3-5-7-9-11-13-15-17-19-21-23-24-25-26-27-29-31-33-35-37-39-41-43-45-47-63-49-51(50-64-57-56(62)55(61)54(60)52(48-58)66-57)65-53(59)46-44-42-40-38-36-34-32-30-28-22-20-18-16-14-12-10-8-6-4-2/h5-8,11-14,17-20,23-24,26-28,30-31,33-34,36-37,39,51-52,54-58,60-62H,3-4,9-10,15-16,21-22,25,29,32,35,38,40-50H2,1-2H3/b7-5-,8-6-,13-11-,14-12-,19-17-,20-18-,24-23-,27-26-,30-28-,33-31-,36-34-,39-37-. The van der Waals surface area contributed by atoms with Crippen LogP contribution >= 0.6 is 0 Å². The number of unbranched alkanes of at least 4 members (excludes halogenated alkanes) is 5. The number of rotatable bonds is 40. The van der Waals surface area contributed by atoms with E-state index in [-0.39, 0.29) is 25.6 Å². The predicted molar refractivity (Wildman–Crippen MR) is 274 cm³/mol. The monoisotopic (exact) mass is 917 g/mol. The molecule has 1 aliphatic rings. The van der Waals surface area contributed by atoms with E-state index >= 15 is 0 Å². The summed E-state index contributed by atoms with van der Waals surface area (Å²) in [5.74, 6) is -0.368. The first-order valence-corrected chi connectivity index (χ1v) is 24.9. The molecule has 0 bridgehead atoms. The van der Waals surface area contributed by atoms with Crippen molar-refractivity contribution in [3.8, 4) is 0 Å². The molecule has 1 rings (SSSR count). The summed E-state index contributed by atoms with van der Waals surface area (Å²) >= 11 is 0. The molecule has 4 N–H and O–H groups in total. The van der Waals surface area contributed by atoms with Gasteiger partial charge in [-0.3, -0.25) is 4.79 Å². The summed E-state index contributed by atoms with van der Waals surface area (Å²) < 4.78 is 22.8. The predicted octanol–water partition coefficient (Wildman–Crippen LogP) is 12.2. The topological polar surface area (TPSA) is 135 Å². The van der Waals surface area contributed by atoms with Gasteiger partial charge < -0.3 is 39.4 Å². The van der Waals surface area contributed by atoms with Crippen LogP contribution in [0.3, 0.4) is 0 Å². The van der Waals surface area contributed by atoms with Crippen molar-refractivity contribution in [3.05, 3.63) is 146 Å². The molecule has 0 radical (unpaired) electrons. The highest BCUT2D eigenvalue weighted by molar-refractivity contribution is 5.69. The summed E-state index contributed by atoms with van der Waals surface area (Å²) in [6.07, 6.45) is 63.1. The van der Waals surface area contributed by atoms with E-state index in [9.17, 15) is 25.2 Å². The maximum Gasteiger partial charge on any atom is 0.306 e. The number of allylic oxidation sites excluding steroid dienone is 24. The Kier molecular flexibility index (Phi) is 42.1. The lowest BCUT2D eigenvalue weighted by atomic mass is 9.99. The number of aliphatic hydroxyl groups is 4. The minimum atomic E-state index is -1.56. The summed E-state index contributed by atoms with van der Waals surface area (Å²) in [4.78, 5) is 12.8. The Morgan fingerprint density at radius 2 is 0.879 bits per heavy atom. The molecule has 1 fully saturated rings. The number of aliphatic hydroxyl groups excluding tert-OH is 4. The third kappa shape index (κ3) is 36.2. The Labute approximate surface area is 400 Å². The second kappa shape index (κ2) is 46.2. The third-order valence-electron chi connectivity index (χ3n) is 10.3. The van der Waals surface area contributed by atoms with Crippen LogP contribution in [0.1, 0.15) is 142 Å². The molecule has 9 heteroatoms. The molecule has 1 heterocycles. The summed E-state index contributed by atoms with van der Waals surface area (Å²) in [7, 11) is 0. The van der Waals surface area contributed by atoms with Crippen LogP contribution in [0, 0.1) is 0 Å². The van der Waals surface area contributed by atoms with Crippen LogP contribution in [0.25, 0.3) is 0 Å². The Morgan fingerprint density at radius 3 is 1.29 bits per heavy atom. The number of carbonyl (C=O) groups excluding carboxylic acids is 1.